The molecular weight excluding hydrogens is 507 g/mol. The van der Waals surface area contributed by atoms with Crippen molar-refractivity contribution >= 4 is 23.7 Å². The molecule has 0 unspecified atom stereocenters. The number of ether oxygens (including phenoxy) is 2. The van der Waals surface area contributed by atoms with Crippen molar-refractivity contribution in [2.24, 2.45) is 0 Å². The SMILES string of the molecule is FC1=c2nc(OCC34CCCN3CCC4)nc(OCC(F)(F)F)c2=CNC1=C1CC=Cc2cccc(F)c21. The van der Waals surface area contributed by atoms with Crippen LogP contribution in [0.5, 0.6) is 11.9 Å². The molecule has 11 heteroatoms. The topological polar surface area (TPSA) is 59.5 Å². The first-order chi connectivity index (χ1) is 18.2. The molecule has 2 aromatic rings. The van der Waals surface area contributed by atoms with Crippen LogP contribution in [-0.2, 0) is 0 Å². The molecule has 2 fully saturated rings. The molecule has 4 aliphatic rings. The highest BCUT2D eigenvalue weighted by molar-refractivity contribution is 5.87. The zero-order valence-electron chi connectivity index (χ0n) is 20.4. The van der Waals surface area contributed by atoms with Crippen LogP contribution in [0.1, 0.15) is 43.2 Å². The second-order valence-electron chi connectivity index (χ2n) is 9.95. The van der Waals surface area contributed by atoms with E-state index in [0.29, 0.717) is 11.1 Å². The number of hydrogen-bond acceptors (Lipinski definition) is 6. The quantitative estimate of drug-likeness (QED) is 0.592. The van der Waals surface area contributed by atoms with Crippen LogP contribution in [0.15, 0.2) is 30.0 Å². The Labute approximate surface area is 215 Å². The van der Waals surface area contributed by atoms with E-state index in [0.717, 1.165) is 38.8 Å². The van der Waals surface area contributed by atoms with Crippen LogP contribution in [0.25, 0.3) is 23.7 Å². The van der Waals surface area contributed by atoms with Gasteiger partial charge in [0.05, 0.1) is 16.5 Å². The molecule has 0 atom stereocenters. The second kappa shape index (κ2) is 9.37. The lowest BCUT2D eigenvalue weighted by molar-refractivity contribution is -0.154. The minimum Gasteiger partial charge on any atom is -0.467 e. The average molecular weight is 533 g/mol. The van der Waals surface area contributed by atoms with E-state index in [1.807, 2.05) is 0 Å². The molecule has 0 amide bonds. The first kappa shape index (κ1) is 24.8. The number of nitrogens with zero attached hydrogens (tertiary/aromatic N) is 3. The molecule has 3 aliphatic heterocycles. The van der Waals surface area contributed by atoms with E-state index in [1.54, 1.807) is 24.3 Å². The average Bonchev–Trinajstić information content (AvgIpc) is 3.47. The molecule has 0 radical (unpaired) electrons. The normalized spacial score (nSPS) is 21.9. The van der Waals surface area contributed by atoms with Gasteiger partial charge in [-0.25, -0.2) is 8.78 Å². The highest BCUT2D eigenvalue weighted by Crippen LogP contribution is 2.39. The third-order valence-electron chi connectivity index (χ3n) is 7.60. The first-order valence-corrected chi connectivity index (χ1v) is 12.6. The first-order valence-electron chi connectivity index (χ1n) is 12.6. The number of fused-ring (bicyclic) bond motifs is 3. The molecule has 2 saturated heterocycles. The van der Waals surface area contributed by atoms with E-state index < -0.39 is 30.3 Å². The summed E-state index contributed by atoms with van der Waals surface area (Å²) in [5.41, 5.74) is 1.02. The molecule has 1 aliphatic carbocycles. The van der Waals surface area contributed by atoms with Crippen LogP contribution in [0.3, 0.4) is 0 Å². The monoisotopic (exact) mass is 532 g/mol. The number of benzene rings is 1. The summed E-state index contributed by atoms with van der Waals surface area (Å²) in [6, 6.07) is 4.32. The van der Waals surface area contributed by atoms with Gasteiger partial charge in [-0.05, 0) is 62.4 Å². The van der Waals surface area contributed by atoms with Gasteiger partial charge in [0, 0.05) is 11.8 Å². The summed E-state index contributed by atoms with van der Waals surface area (Å²) >= 11 is 0. The number of allylic oxidation sites excluding steroid dienone is 3. The van der Waals surface area contributed by atoms with E-state index in [2.05, 4.69) is 20.2 Å². The molecule has 6 nitrogen and oxygen atoms in total. The molecule has 4 heterocycles. The van der Waals surface area contributed by atoms with Crippen LogP contribution in [0, 0.1) is 5.82 Å². The van der Waals surface area contributed by atoms with Crippen LogP contribution >= 0.6 is 0 Å². The molecule has 1 aromatic heterocycles. The van der Waals surface area contributed by atoms with Crippen molar-refractivity contribution in [3.63, 3.8) is 0 Å². The Morgan fingerprint density at radius 3 is 2.61 bits per heavy atom. The van der Waals surface area contributed by atoms with Crippen molar-refractivity contribution < 1.29 is 31.4 Å². The fraction of sp³-hybridized carbons (Fsp3) is 0.407. The van der Waals surface area contributed by atoms with Gasteiger partial charge in [0.1, 0.15) is 17.8 Å². The highest BCUT2D eigenvalue weighted by atomic mass is 19.4. The maximum Gasteiger partial charge on any atom is 0.422 e. The van der Waals surface area contributed by atoms with Crippen LogP contribution < -0.4 is 25.4 Å². The van der Waals surface area contributed by atoms with E-state index in [9.17, 15) is 17.6 Å². The smallest absolute Gasteiger partial charge is 0.422 e. The summed E-state index contributed by atoms with van der Waals surface area (Å²) in [6.45, 7) is 0.549. The van der Waals surface area contributed by atoms with Crippen molar-refractivity contribution in [1.82, 2.24) is 20.2 Å². The fourth-order valence-electron chi connectivity index (χ4n) is 5.89. The summed E-state index contributed by atoms with van der Waals surface area (Å²) in [7, 11) is 0. The van der Waals surface area contributed by atoms with Gasteiger partial charge >= 0.3 is 12.2 Å². The molecule has 1 N–H and O–H groups in total. The van der Waals surface area contributed by atoms with Gasteiger partial charge in [0.15, 0.2) is 12.4 Å². The van der Waals surface area contributed by atoms with E-state index in [1.165, 1.54) is 12.3 Å². The van der Waals surface area contributed by atoms with Crippen molar-refractivity contribution in [2.75, 3.05) is 26.3 Å². The summed E-state index contributed by atoms with van der Waals surface area (Å²) in [5, 5.41) is 2.43. The van der Waals surface area contributed by atoms with Crippen molar-refractivity contribution in [3.8, 4) is 11.9 Å². The lowest BCUT2D eigenvalue weighted by atomic mass is 9.89. The Balaban J connectivity index is 1.44. The molecular formula is C27H25F5N4O2. The molecule has 1 aromatic carbocycles. The zero-order chi connectivity index (χ0) is 26.5. The summed E-state index contributed by atoms with van der Waals surface area (Å²) in [6.07, 6.45) is 4.37. The predicted octanol–water partition coefficient (Wildman–Crippen LogP) is 3.81. The van der Waals surface area contributed by atoms with Crippen LogP contribution in [0.2, 0.25) is 0 Å². The third-order valence-corrected chi connectivity index (χ3v) is 7.60. The van der Waals surface area contributed by atoms with Crippen molar-refractivity contribution in [1.29, 1.82) is 0 Å². The van der Waals surface area contributed by atoms with Crippen LogP contribution in [0.4, 0.5) is 22.0 Å². The molecule has 0 spiro atoms. The van der Waals surface area contributed by atoms with E-state index >= 15 is 4.39 Å². The van der Waals surface area contributed by atoms with E-state index in [-0.39, 0.29) is 46.4 Å². The second-order valence-corrected chi connectivity index (χ2v) is 9.95. The standard InChI is InChI=1S/C27H25F5N4O2/c28-19-8-2-6-16-5-1-7-17(20(16)19)22-21(29)23-18(13-33-22)24(37-15-27(30,31)32)35-25(34-23)38-14-26-9-3-11-36(26)12-4-10-26/h1-2,5-6,8,13,33H,3-4,7,9-12,14-15H2. The van der Waals surface area contributed by atoms with Gasteiger partial charge in [-0.3, -0.25) is 4.90 Å². The Kier molecular flexibility index (Phi) is 6.13. The number of rotatable bonds is 5. The number of halogens is 5. The minimum atomic E-state index is -4.63. The fourth-order valence-corrected chi connectivity index (χ4v) is 5.89. The highest BCUT2D eigenvalue weighted by Gasteiger charge is 2.45. The van der Waals surface area contributed by atoms with Gasteiger partial charge < -0.3 is 14.8 Å². The summed E-state index contributed by atoms with van der Waals surface area (Å²) in [4.78, 5) is 10.7. The van der Waals surface area contributed by atoms with Crippen molar-refractivity contribution in [3.05, 3.63) is 57.5 Å². The Bertz CT molecular complexity index is 1460. The van der Waals surface area contributed by atoms with Gasteiger partial charge in [0.25, 0.3) is 0 Å². The molecule has 0 bridgehead atoms. The number of hydrogen-bond donors (Lipinski definition) is 1. The summed E-state index contributed by atoms with van der Waals surface area (Å²) < 4.78 is 80.6. The molecule has 200 valence electrons. The number of aromatic nitrogens is 2. The third kappa shape index (κ3) is 4.42. The van der Waals surface area contributed by atoms with Crippen LogP contribution in [-0.4, -0.2) is 52.9 Å². The minimum absolute atomic E-state index is 0.0176. The molecule has 0 saturated carbocycles. The summed E-state index contributed by atoms with van der Waals surface area (Å²) in [5.74, 6) is -1.81. The van der Waals surface area contributed by atoms with Crippen molar-refractivity contribution in [2.45, 2.75) is 43.8 Å². The lowest BCUT2D eigenvalue weighted by Gasteiger charge is -2.31. The van der Waals surface area contributed by atoms with Gasteiger partial charge in [-0.15, -0.1) is 0 Å². The number of alkyl halides is 3. The Morgan fingerprint density at radius 1 is 1.05 bits per heavy atom. The maximum absolute atomic E-state index is 16.0. The Morgan fingerprint density at radius 2 is 1.84 bits per heavy atom. The van der Waals surface area contributed by atoms with Gasteiger partial charge in [-0.2, -0.15) is 23.1 Å². The van der Waals surface area contributed by atoms with Gasteiger partial charge in [0.2, 0.25) is 5.88 Å². The maximum atomic E-state index is 16.0. The lowest BCUT2D eigenvalue weighted by Crippen LogP contribution is -2.44. The zero-order valence-corrected chi connectivity index (χ0v) is 20.4. The van der Waals surface area contributed by atoms with Gasteiger partial charge in [-0.1, -0.05) is 24.3 Å². The Hall–Kier alpha value is -3.47. The molecule has 38 heavy (non-hydrogen) atoms. The van der Waals surface area contributed by atoms with E-state index in [4.69, 9.17) is 9.47 Å². The number of nitrogens with one attached hydrogen (secondary N) is 1. The molecule has 6 rings (SSSR count). The predicted molar refractivity (Wildman–Crippen MR) is 130 cm³/mol. The largest absolute Gasteiger partial charge is 0.467 e.